The van der Waals surface area contributed by atoms with Crippen LogP contribution in [0.15, 0.2) is 24.3 Å². The minimum atomic E-state index is -1.16. The molecule has 2 unspecified atom stereocenters. The lowest BCUT2D eigenvalue weighted by Crippen LogP contribution is -2.23. The summed E-state index contributed by atoms with van der Waals surface area (Å²) in [5.41, 5.74) is 1.63. The number of benzene rings is 1. The zero-order valence-electron chi connectivity index (χ0n) is 11.9. The monoisotopic (exact) mass is 266 g/mol. The molecule has 0 heterocycles. The van der Waals surface area contributed by atoms with Gasteiger partial charge in [-0.05, 0) is 16.5 Å². The number of carbonyl (C=O) groups is 1. The lowest BCUT2D eigenvalue weighted by Gasteiger charge is -2.22. The fraction of sp³-hybridized carbons (Fsp3) is 0.533. The maximum atomic E-state index is 11.1. The first kappa shape index (κ1) is 15.7. The molecule has 1 rings (SSSR count). The molecule has 1 aromatic rings. The van der Waals surface area contributed by atoms with E-state index in [2.05, 4.69) is 25.5 Å². The number of rotatable bonds is 4. The second-order valence-corrected chi connectivity index (χ2v) is 5.67. The highest BCUT2D eigenvalue weighted by Crippen LogP contribution is 2.26. The maximum Gasteiger partial charge on any atom is 0.308 e. The van der Waals surface area contributed by atoms with E-state index in [0.29, 0.717) is 5.56 Å². The predicted molar refractivity (Wildman–Crippen MR) is 72.7 cm³/mol. The van der Waals surface area contributed by atoms with Crippen LogP contribution in [0.5, 0.6) is 0 Å². The number of hydrogen-bond donors (Lipinski definition) is 2. The molecule has 0 bridgehead atoms. The van der Waals surface area contributed by atoms with Crippen molar-refractivity contribution in [2.24, 2.45) is 0 Å². The van der Waals surface area contributed by atoms with Crippen molar-refractivity contribution in [2.45, 2.75) is 44.8 Å². The summed E-state index contributed by atoms with van der Waals surface area (Å²) in [6, 6.07) is 7.40. The summed E-state index contributed by atoms with van der Waals surface area (Å²) in [5.74, 6) is -0.543. The smallest absolute Gasteiger partial charge is 0.308 e. The van der Waals surface area contributed by atoms with Crippen LogP contribution in [-0.2, 0) is 14.9 Å². The minimum Gasteiger partial charge on any atom is -0.469 e. The zero-order chi connectivity index (χ0) is 14.6. The normalized spacial score (nSPS) is 14.8. The minimum absolute atomic E-state index is 0.0387. The van der Waals surface area contributed by atoms with E-state index in [9.17, 15) is 15.0 Å². The van der Waals surface area contributed by atoms with Crippen LogP contribution in [0.1, 0.15) is 44.4 Å². The van der Waals surface area contributed by atoms with Gasteiger partial charge >= 0.3 is 5.97 Å². The predicted octanol–water partition coefficient (Wildman–Crippen LogP) is 1.94. The number of hydrogen-bond acceptors (Lipinski definition) is 4. The van der Waals surface area contributed by atoms with Crippen molar-refractivity contribution in [2.75, 3.05) is 7.11 Å². The standard InChI is InChI=1S/C15H22O4/c1-15(2,3)11-7-5-6-10(8-11)14(18)12(16)9-13(17)19-4/h5-8,12,14,16,18H,9H2,1-4H3. The van der Waals surface area contributed by atoms with E-state index in [1.165, 1.54) is 7.11 Å². The third-order valence-corrected chi connectivity index (χ3v) is 3.06. The first-order valence-corrected chi connectivity index (χ1v) is 6.29. The molecule has 106 valence electrons. The van der Waals surface area contributed by atoms with Crippen LogP contribution in [0.25, 0.3) is 0 Å². The van der Waals surface area contributed by atoms with E-state index >= 15 is 0 Å². The van der Waals surface area contributed by atoms with Crippen LogP contribution in [0.2, 0.25) is 0 Å². The summed E-state index contributed by atoms with van der Waals surface area (Å²) in [6.45, 7) is 6.22. The van der Waals surface area contributed by atoms with Crippen molar-refractivity contribution in [1.82, 2.24) is 0 Å². The largest absolute Gasteiger partial charge is 0.469 e. The first-order valence-electron chi connectivity index (χ1n) is 6.29. The number of ether oxygens (including phenoxy) is 1. The van der Waals surface area contributed by atoms with Gasteiger partial charge in [0.2, 0.25) is 0 Å². The molecule has 4 heteroatoms. The van der Waals surface area contributed by atoms with Crippen LogP contribution in [0, 0.1) is 0 Å². The average molecular weight is 266 g/mol. The van der Waals surface area contributed by atoms with E-state index in [1.54, 1.807) is 6.07 Å². The molecule has 0 radical (unpaired) electrons. The fourth-order valence-corrected chi connectivity index (χ4v) is 1.78. The summed E-state index contributed by atoms with van der Waals surface area (Å²) in [6.07, 6.45) is -2.48. The Bertz CT molecular complexity index is 434. The van der Waals surface area contributed by atoms with Crippen molar-refractivity contribution in [1.29, 1.82) is 0 Å². The summed E-state index contributed by atoms with van der Waals surface area (Å²) >= 11 is 0. The Balaban J connectivity index is 2.88. The second-order valence-electron chi connectivity index (χ2n) is 5.67. The van der Waals surface area contributed by atoms with Crippen LogP contribution in [-0.4, -0.2) is 29.4 Å². The number of aliphatic hydroxyl groups is 2. The fourth-order valence-electron chi connectivity index (χ4n) is 1.78. The van der Waals surface area contributed by atoms with E-state index in [-0.39, 0.29) is 11.8 Å². The number of aliphatic hydroxyl groups excluding tert-OH is 2. The quantitative estimate of drug-likeness (QED) is 0.817. The van der Waals surface area contributed by atoms with Crippen molar-refractivity contribution < 1.29 is 19.7 Å². The molecule has 0 aliphatic heterocycles. The van der Waals surface area contributed by atoms with Gasteiger partial charge in [-0.15, -0.1) is 0 Å². The van der Waals surface area contributed by atoms with E-state index in [4.69, 9.17) is 0 Å². The Labute approximate surface area is 114 Å². The van der Waals surface area contributed by atoms with Crippen molar-refractivity contribution in [3.05, 3.63) is 35.4 Å². The molecule has 0 aliphatic carbocycles. The summed E-state index contributed by atoms with van der Waals surface area (Å²) in [4.78, 5) is 11.1. The van der Waals surface area contributed by atoms with Gasteiger partial charge in [-0.25, -0.2) is 0 Å². The highest BCUT2D eigenvalue weighted by atomic mass is 16.5. The Morgan fingerprint density at radius 2 is 1.95 bits per heavy atom. The van der Waals surface area contributed by atoms with Gasteiger partial charge in [-0.1, -0.05) is 45.0 Å². The highest BCUT2D eigenvalue weighted by molar-refractivity contribution is 5.69. The van der Waals surface area contributed by atoms with Gasteiger partial charge in [0.25, 0.3) is 0 Å². The Morgan fingerprint density at radius 3 is 2.47 bits per heavy atom. The van der Waals surface area contributed by atoms with Crippen molar-refractivity contribution >= 4 is 5.97 Å². The molecule has 2 atom stereocenters. The van der Waals surface area contributed by atoms with E-state index in [0.717, 1.165) is 5.56 Å². The third-order valence-electron chi connectivity index (χ3n) is 3.06. The van der Waals surface area contributed by atoms with Crippen molar-refractivity contribution in [3.63, 3.8) is 0 Å². The van der Waals surface area contributed by atoms with Gasteiger partial charge in [-0.3, -0.25) is 4.79 Å². The maximum absolute atomic E-state index is 11.1. The van der Waals surface area contributed by atoms with Gasteiger partial charge in [-0.2, -0.15) is 0 Å². The number of methoxy groups -OCH3 is 1. The Hall–Kier alpha value is -1.39. The topological polar surface area (TPSA) is 66.8 Å². The summed E-state index contributed by atoms with van der Waals surface area (Å²) < 4.78 is 4.47. The second kappa shape index (κ2) is 6.17. The zero-order valence-corrected chi connectivity index (χ0v) is 11.9. The van der Waals surface area contributed by atoms with Crippen LogP contribution < -0.4 is 0 Å². The highest BCUT2D eigenvalue weighted by Gasteiger charge is 2.23. The van der Waals surface area contributed by atoms with Crippen LogP contribution in [0.4, 0.5) is 0 Å². The SMILES string of the molecule is COC(=O)CC(O)C(O)c1cccc(C(C)(C)C)c1. The number of esters is 1. The Kier molecular flexibility index (Phi) is 5.09. The van der Waals surface area contributed by atoms with E-state index < -0.39 is 18.2 Å². The van der Waals surface area contributed by atoms with Gasteiger partial charge in [0.05, 0.1) is 19.6 Å². The van der Waals surface area contributed by atoms with Crippen LogP contribution in [0.3, 0.4) is 0 Å². The molecule has 4 nitrogen and oxygen atoms in total. The van der Waals surface area contributed by atoms with Gasteiger partial charge in [0.1, 0.15) is 6.10 Å². The molecule has 1 aromatic carbocycles. The first-order chi connectivity index (χ1) is 8.75. The molecule has 0 saturated carbocycles. The van der Waals surface area contributed by atoms with Gasteiger partial charge in [0.15, 0.2) is 0 Å². The van der Waals surface area contributed by atoms with Crippen LogP contribution >= 0.6 is 0 Å². The molecule has 0 spiro atoms. The summed E-state index contributed by atoms with van der Waals surface area (Å²) in [7, 11) is 1.25. The molecule has 0 fully saturated rings. The molecule has 0 aliphatic rings. The molecular formula is C15H22O4. The molecule has 2 N–H and O–H groups in total. The Morgan fingerprint density at radius 1 is 1.32 bits per heavy atom. The van der Waals surface area contributed by atoms with Gasteiger partial charge < -0.3 is 14.9 Å². The number of carbonyl (C=O) groups excluding carboxylic acids is 1. The molecule has 19 heavy (non-hydrogen) atoms. The van der Waals surface area contributed by atoms with Gasteiger partial charge in [0, 0.05) is 0 Å². The lowest BCUT2D eigenvalue weighted by atomic mass is 9.85. The molecule has 0 aromatic heterocycles. The van der Waals surface area contributed by atoms with E-state index in [1.807, 2.05) is 18.2 Å². The molecular weight excluding hydrogens is 244 g/mol. The summed E-state index contributed by atoms with van der Waals surface area (Å²) in [5, 5.41) is 19.9. The molecule has 0 amide bonds. The lowest BCUT2D eigenvalue weighted by molar-refractivity contribution is -0.144. The third kappa shape index (κ3) is 4.33. The molecule has 0 saturated heterocycles. The van der Waals surface area contributed by atoms with Crippen molar-refractivity contribution in [3.8, 4) is 0 Å². The average Bonchev–Trinajstić information content (AvgIpc) is 2.36.